The van der Waals surface area contributed by atoms with Gasteiger partial charge in [-0.1, -0.05) is 12.1 Å². The molecule has 112 valence electrons. The zero-order chi connectivity index (χ0) is 14.5. The Morgan fingerprint density at radius 2 is 2.14 bits per heavy atom. The number of nitrogens with one attached hydrogen (secondary N) is 1. The van der Waals surface area contributed by atoms with E-state index in [0.717, 1.165) is 42.8 Å². The molecule has 3 rings (SSSR count). The highest BCUT2D eigenvalue weighted by Gasteiger charge is 2.20. The number of fused-ring (bicyclic) bond motifs is 1. The fourth-order valence-electron chi connectivity index (χ4n) is 2.58. The Kier molecular flexibility index (Phi) is 4.83. The summed E-state index contributed by atoms with van der Waals surface area (Å²) in [5.74, 6) is 0.323. The Morgan fingerprint density at radius 3 is 2.95 bits per heavy atom. The maximum absolute atomic E-state index is 12.0. The first-order valence-electron chi connectivity index (χ1n) is 7.53. The van der Waals surface area contributed by atoms with Gasteiger partial charge in [-0.15, -0.1) is 11.3 Å². The molecule has 2 aromatic rings. The van der Waals surface area contributed by atoms with Crippen molar-refractivity contribution < 1.29 is 9.53 Å². The van der Waals surface area contributed by atoms with E-state index >= 15 is 0 Å². The summed E-state index contributed by atoms with van der Waals surface area (Å²) in [6.45, 7) is 2.15. The molecule has 1 N–H and O–H groups in total. The van der Waals surface area contributed by atoms with Crippen LogP contribution in [0.25, 0.3) is 10.2 Å². The minimum atomic E-state index is 0.140. The molecule has 1 aliphatic rings. The van der Waals surface area contributed by atoms with Crippen LogP contribution >= 0.6 is 11.3 Å². The number of amides is 1. The molecular formula is C16H20N2O2S. The van der Waals surface area contributed by atoms with E-state index in [2.05, 4.69) is 16.4 Å². The van der Waals surface area contributed by atoms with E-state index in [4.69, 9.17) is 4.74 Å². The number of carbonyl (C=O) groups excluding carboxylic acids is 1. The third-order valence-electron chi connectivity index (χ3n) is 3.80. The lowest BCUT2D eigenvalue weighted by atomic mass is 9.99. The average Bonchev–Trinajstić information content (AvgIpc) is 2.95. The van der Waals surface area contributed by atoms with Crippen LogP contribution in [-0.4, -0.2) is 30.6 Å². The molecular weight excluding hydrogens is 284 g/mol. The van der Waals surface area contributed by atoms with Gasteiger partial charge < -0.3 is 10.1 Å². The van der Waals surface area contributed by atoms with Gasteiger partial charge in [0.1, 0.15) is 0 Å². The summed E-state index contributed by atoms with van der Waals surface area (Å²) < 4.78 is 6.51. The second-order valence-electron chi connectivity index (χ2n) is 5.36. The number of hydrogen-bond acceptors (Lipinski definition) is 4. The van der Waals surface area contributed by atoms with E-state index in [-0.39, 0.29) is 11.8 Å². The van der Waals surface area contributed by atoms with Crippen LogP contribution < -0.4 is 5.32 Å². The van der Waals surface area contributed by atoms with Crippen LogP contribution in [-0.2, 0) is 16.0 Å². The Bertz CT molecular complexity index is 572. The van der Waals surface area contributed by atoms with Gasteiger partial charge in [-0.3, -0.25) is 4.79 Å². The number of benzene rings is 1. The normalized spacial score (nSPS) is 16.2. The van der Waals surface area contributed by atoms with Gasteiger partial charge in [0.05, 0.1) is 15.2 Å². The number of para-hydroxylation sites is 1. The predicted molar refractivity (Wildman–Crippen MR) is 84.5 cm³/mol. The summed E-state index contributed by atoms with van der Waals surface area (Å²) in [5, 5.41) is 4.19. The number of nitrogens with zero attached hydrogens (tertiary/aromatic N) is 1. The van der Waals surface area contributed by atoms with Crippen molar-refractivity contribution in [2.45, 2.75) is 25.7 Å². The second-order valence-corrected chi connectivity index (χ2v) is 6.47. The summed E-state index contributed by atoms with van der Waals surface area (Å²) in [7, 11) is 0. The molecule has 1 fully saturated rings. The molecule has 0 unspecified atom stereocenters. The quantitative estimate of drug-likeness (QED) is 0.864. The van der Waals surface area contributed by atoms with E-state index in [1.54, 1.807) is 11.3 Å². The fraction of sp³-hybridized carbons (Fsp3) is 0.500. The molecule has 0 saturated carbocycles. The Morgan fingerprint density at radius 1 is 1.33 bits per heavy atom. The third-order valence-corrected chi connectivity index (χ3v) is 4.89. The molecule has 2 heterocycles. The number of hydrogen-bond donors (Lipinski definition) is 1. The zero-order valence-corrected chi connectivity index (χ0v) is 12.8. The molecule has 21 heavy (non-hydrogen) atoms. The monoisotopic (exact) mass is 304 g/mol. The summed E-state index contributed by atoms with van der Waals surface area (Å²) in [4.78, 5) is 16.6. The number of aryl methyl sites for hydroxylation is 1. The predicted octanol–water partition coefficient (Wildman–Crippen LogP) is 2.77. The second kappa shape index (κ2) is 7.00. The Labute approximate surface area is 128 Å². The van der Waals surface area contributed by atoms with Crippen molar-refractivity contribution in [1.29, 1.82) is 0 Å². The number of thiazole rings is 1. The molecule has 0 atom stereocenters. The van der Waals surface area contributed by atoms with Gasteiger partial charge in [-0.05, 0) is 31.4 Å². The fourth-order valence-corrected chi connectivity index (χ4v) is 3.59. The van der Waals surface area contributed by atoms with E-state index in [1.165, 1.54) is 4.70 Å². The maximum Gasteiger partial charge on any atom is 0.223 e. The molecule has 0 spiro atoms. The summed E-state index contributed by atoms with van der Waals surface area (Å²) in [6.07, 6.45) is 3.57. The highest BCUT2D eigenvalue weighted by molar-refractivity contribution is 7.18. The summed E-state index contributed by atoms with van der Waals surface area (Å²) >= 11 is 1.74. The van der Waals surface area contributed by atoms with E-state index in [1.807, 2.05) is 18.2 Å². The molecule has 0 aliphatic carbocycles. The highest BCUT2D eigenvalue weighted by atomic mass is 32.1. The molecule has 1 aromatic carbocycles. The SMILES string of the molecule is O=C(NCCCc1nc2ccccc2s1)C1CCOCC1. The standard InChI is InChI=1S/C16H20N2O2S/c19-16(12-7-10-20-11-8-12)17-9-3-6-15-18-13-4-1-2-5-14(13)21-15/h1-2,4-5,12H,3,6-11H2,(H,17,19). The molecule has 1 aromatic heterocycles. The van der Waals surface area contributed by atoms with Crippen molar-refractivity contribution in [2.75, 3.05) is 19.8 Å². The van der Waals surface area contributed by atoms with E-state index in [9.17, 15) is 4.79 Å². The molecule has 1 aliphatic heterocycles. The average molecular weight is 304 g/mol. The van der Waals surface area contributed by atoms with Crippen molar-refractivity contribution in [2.24, 2.45) is 5.92 Å². The minimum absolute atomic E-state index is 0.140. The van der Waals surface area contributed by atoms with E-state index in [0.29, 0.717) is 13.2 Å². The first-order chi connectivity index (χ1) is 10.3. The van der Waals surface area contributed by atoms with Crippen LogP contribution in [0.5, 0.6) is 0 Å². The number of ether oxygens (including phenoxy) is 1. The van der Waals surface area contributed by atoms with Gasteiger partial charge in [0.2, 0.25) is 5.91 Å². The van der Waals surface area contributed by atoms with Crippen LogP contribution in [0.3, 0.4) is 0 Å². The molecule has 1 saturated heterocycles. The van der Waals surface area contributed by atoms with Crippen LogP contribution in [0.15, 0.2) is 24.3 Å². The lowest BCUT2D eigenvalue weighted by molar-refractivity contribution is -0.127. The van der Waals surface area contributed by atoms with Crippen molar-refractivity contribution >= 4 is 27.5 Å². The van der Waals surface area contributed by atoms with Crippen molar-refractivity contribution in [1.82, 2.24) is 10.3 Å². The van der Waals surface area contributed by atoms with Gasteiger partial charge in [-0.25, -0.2) is 4.98 Å². The van der Waals surface area contributed by atoms with Crippen LogP contribution in [0.4, 0.5) is 0 Å². The molecule has 0 radical (unpaired) electrons. The molecule has 5 heteroatoms. The Hall–Kier alpha value is -1.46. The summed E-state index contributed by atoms with van der Waals surface area (Å²) in [5.41, 5.74) is 1.07. The van der Waals surface area contributed by atoms with Crippen molar-refractivity contribution in [3.05, 3.63) is 29.3 Å². The van der Waals surface area contributed by atoms with Gasteiger partial charge in [0.25, 0.3) is 0 Å². The van der Waals surface area contributed by atoms with Crippen molar-refractivity contribution in [3.63, 3.8) is 0 Å². The van der Waals surface area contributed by atoms with Crippen LogP contribution in [0.1, 0.15) is 24.3 Å². The van der Waals surface area contributed by atoms with Crippen LogP contribution in [0, 0.1) is 5.92 Å². The third kappa shape index (κ3) is 3.80. The molecule has 1 amide bonds. The largest absolute Gasteiger partial charge is 0.381 e. The lowest BCUT2D eigenvalue weighted by Gasteiger charge is -2.21. The summed E-state index contributed by atoms with van der Waals surface area (Å²) in [6, 6.07) is 8.20. The van der Waals surface area contributed by atoms with Gasteiger partial charge in [-0.2, -0.15) is 0 Å². The van der Waals surface area contributed by atoms with Crippen LogP contribution in [0.2, 0.25) is 0 Å². The topological polar surface area (TPSA) is 51.2 Å². The lowest BCUT2D eigenvalue weighted by Crippen LogP contribution is -2.34. The first kappa shape index (κ1) is 14.5. The van der Waals surface area contributed by atoms with Crippen molar-refractivity contribution in [3.8, 4) is 0 Å². The minimum Gasteiger partial charge on any atom is -0.381 e. The van der Waals surface area contributed by atoms with E-state index < -0.39 is 0 Å². The van der Waals surface area contributed by atoms with Gasteiger partial charge in [0.15, 0.2) is 0 Å². The molecule has 0 bridgehead atoms. The zero-order valence-electron chi connectivity index (χ0n) is 12.0. The number of aromatic nitrogens is 1. The maximum atomic E-state index is 12.0. The smallest absolute Gasteiger partial charge is 0.223 e. The Balaban J connectivity index is 1.42. The number of carbonyl (C=O) groups is 1. The first-order valence-corrected chi connectivity index (χ1v) is 8.34. The molecule has 4 nitrogen and oxygen atoms in total. The number of rotatable bonds is 5. The van der Waals surface area contributed by atoms with Gasteiger partial charge >= 0.3 is 0 Å². The highest BCUT2D eigenvalue weighted by Crippen LogP contribution is 2.22. The van der Waals surface area contributed by atoms with Gasteiger partial charge in [0, 0.05) is 32.1 Å².